The van der Waals surface area contributed by atoms with Crippen molar-refractivity contribution in [2.75, 3.05) is 26.4 Å². The molecule has 0 aliphatic heterocycles. The van der Waals surface area contributed by atoms with Crippen molar-refractivity contribution in [3.8, 4) is 0 Å². The van der Waals surface area contributed by atoms with E-state index in [0.717, 1.165) is 44.9 Å². The summed E-state index contributed by atoms with van der Waals surface area (Å²) >= 11 is 0. The molecule has 0 aromatic heterocycles. The lowest BCUT2D eigenvalue weighted by atomic mass is 10.0. The highest BCUT2D eigenvalue weighted by Crippen LogP contribution is 2.43. The number of hydrogen-bond donors (Lipinski definition) is 3. The van der Waals surface area contributed by atoms with E-state index in [4.69, 9.17) is 18.5 Å². The van der Waals surface area contributed by atoms with Gasteiger partial charge < -0.3 is 24.6 Å². The number of phosphoric ester groups is 1. The van der Waals surface area contributed by atoms with Gasteiger partial charge in [0.2, 0.25) is 0 Å². The van der Waals surface area contributed by atoms with Crippen LogP contribution in [0.5, 0.6) is 0 Å². The largest absolute Gasteiger partial charge is 0.472 e. The fourth-order valence-electron chi connectivity index (χ4n) is 6.23. The predicted molar refractivity (Wildman–Crippen MR) is 210 cm³/mol. The maximum atomic E-state index is 12.3. The van der Waals surface area contributed by atoms with Gasteiger partial charge in [-0.05, 0) is 12.8 Å². The lowest BCUT2D eigenvalue weighted by Crippen LogP contribution is -2.28. The highest BCUT2D eigenvalue weighted by molar-refractivity contribution is 7.47. The van der Waals surface area contributed by atoms with E-state index in [1.807, 2.05) is 0 Å². The van der Waals surface area contributed by atoms with Gasteiger partial charge in [-0.15, -0.1) is 0 Å². The number of aliphatic hydroxyl groups is 2. The number of ether oxygens (including phenoxy) is 2. The summed E-state index contributed by atoms with van der Waals surface area (Å²) in [6, 6.07) is 0. The molecule has 0 fully saturated rings. The fraction of sp³-hybridized carbons (Fsp3) is 0.951. The van der Waals surface area contributed by atoms with Crippen molar-refractivity contribution >= 4 is 19.8 Å². The lowest BCUT2D eigenvalue weighted by molar-refractivity contribution is -0.153. The molecule has 3 N–H and O–H groups in total. The number of carbonyl (C=O) groups excluding carboxylic acids is 2. The SMILES string of the molecule is CCCCCCCCCCCCCCCCCCCCCCCCCC(=O)OC(CO)COP(=O)(O)OCC(CO)OC(=O)CCCCCCCC. The molecular formula is C41H81O10P. The summed E-state index contributed by atoms with van der Waals surface area (Å²) in [7, 11) is -4.62. The Kier molecular flexibility index (Phi) is 37.5. The molecule has 3 unspecified atom stereocenters. The summed E-state index contributed by atoms with van der Waals surface area (Å²) in [5.41, 5.74) is 0. The maximum absolute atomic E-state index is 12.3. The van der Waals surface area contributed by atoms with Gasteiger partial charge in [-0.3, -0.25) is 18.6 Å². The third-order valence-corrected chi connectivity index (χ3v) is 10.5. The molecular weight excluding hydrogens is 683 g/mol. The van der Waals surface area contributed by atoms with Crippen LogP contribution in [-0.2, 0) is 32.7 Å². The number of unbranched alkanes of at least 4 members (excludes halogenated alkanes) is 27. The topological polar surface area (TPSA) is 149 Å². The zero-order valence-corrected chi connectivity index (χ0v) is 34.4. The van der Waals surface area contributed by atoms with Gasteiger partial charge in [-0.2, -0.15) is 0 Å². The fourth-order valence-corrected chi connectivity index (χ4v) is 7.02. The normalized spacial score (nSPS) is 13.9. The van der Waals surface area contributed by atoms with E-state index in [0.29, 0.717) is 12.8 Å². The Bertz CT molecular complexity index is 842. The molecule has 11 heteroatoms. The van der Waals surface area contributed by atoms with Crippen molar-refractivity contribution in [3.05, 3.63) is 0 Å². The van der Waals surface area contributed by atoms with E-state index in [1.165, 1.54) is 128 Å². The van der Waals surface area contributed by atoms with Crippen molar-refractivity contribution in [1.82, 2.24) is 0 Å². The van der Waals surface area contributed by atoms with Gasteiger partial charge >= 0.3 is 19.8 Å². The third-order valence-electron chi connectivity index (χ3n) is 9.57. The highest BCUT2D eigenvalue weighted by atomic mass is 31.2. The van der Waals surface area contributed by atoms with Crippen LogP contribution in [0.3, 0.4) is 0 Å². The summed E-state index contributed by atoms with van der Waals surface area (Å²) in [5.74, 6) is -1.02. The molecule has 0 saturated heterocycles. The van der Waals surface area contributed by atoms with Gasteiger partial charge in [0.1, 0.15) is 12.2 Å². The van der Waals surface area contributed by atoms with Crippen LogP contribution >= 0.6 is 7.82 Å². The minimum Gasteiger partial charge on any atom is -0.457 e. The molecule has 0 radical (unpaired) electrons. The summed E-state index contributed by atoms with van der Waals surface area (Å²) in [4.78, 5) is 34.2. The zero-order chi connectivity index (χ0) is 38.4. The van der Waals surface area contributed by atoms with E-state index < -0.39 is 58.4 Å². The van der Waals surface area contributed by atoms with Crippen molar-refractivity contribution in [2.45, 2.75) is 225 Å². The van der Waals surface area contributed by atoms with Gasteiger partial charge in [-0.1, -0.05) is 187 Å². The van der Waals surface area contributed by atoms with Gasteiger partial charge in [0.25, 0.3) is 0 Å². The summed E-state index contributed by atoms with van der Waals surface area (Å²) in [5, 5.41) is 19.0. The molecule has 0 rings (SSSR count). The average molecular weight is 765 g/mol. The van der Waals surface area contributed by atoms with Crippen molar-refractivity contribution < 1.29 is 47.8 Å². The first kappa shape index (κ1) is 51.0. The van der Waals surface area contributed by atoms with Crippen LogP contribution in [-0.4, -0.2) is 65.7 Å². The van der Waals surface area contributed by atoms with Gasteiger partial charge in [0, 0.05) is 12.8 Å². The Morgan fingerprint density at radius 2 is 0.673 bits per heavy atom. The van der Waals surface area contributed by atoms with E-state index in [2.05, 4.69) is 13.8 Å². The molecule has 52 heavy (non-hydrogen) atoms. The van der Waals surface area contributed by atoms with E-state index in [1.54, 1.807) is 0 Å². The molecule has 0 amide bonds. The van der Waals surface area contributed by atoms with Gasteiger partial charge in [0.05, 0.1) is 26.4 Å². The first-order valence-electron chi connectivity index (χ1n) is 21.5. The number of rotatable bonds is 41. The molecule has 0 bridgehead atoms. The van der Waals surface area contributed by atoms with Gasteiger partial charge in [-0.25, -0.2) is 4.57 Å². The van der Waals surface area contributed by atoms with Crippen molar-refractivity contribution in [1.29, 1.82) is 0 Å². The highest BCUT2D eigenvalue weighted by Gasteiger charge is 2.27. The maximum Gasteiger partial charge on any atom is 0.472 e. The molecule has 0 saturated carbocycles. The van der Waals surface area contributed by atoms with E-state index in [-0.39, 0.29) is 12.8 Å². The van der Waals surface area contributed by atoms with E-state index >= 15 is 0 Å². The van der Waals surface area contributed by atoms with Crippen molar-refractivity contribution in [3.63, 3.8) is 0 Å². The van der Waals surface area contributed by atoms with Crippen LogP contribution in [0.25, 0.3) is 0 Å². The Hall–Kier alpha value is -1.03. The van der Waals surface area contributed by atoms with Crippen LogP contribution in [0.15, 0.2) is 0 Å². The quantitative estimate of drug-likeness (QED) is 0.0312. The second-order valence-electron chi connectivity index (χ2n) is 14.7. The Morgan fingerprint density at radius 1 is 0.442 bits per heavy atom. The first-order chi connectivity index (χ1) is 25.3. The van der Waals surface area contributed by atoms with Crippen molar-refractivity contribution in [2.24, 2.45) is 0 Å². The molecule has 0 aliphatic rings. The number of carbonyl (C=O) groups is 2. The number of phosphoric acid groups is 1. The second-order valence-corrected chi connectivity index (χ2v) is 16.1. The number of hydrogen-bond acceptors (Lipinski definition) is 9. The lowest BCUT2D eigenvalue weighted by Gasteiger charge is -2.20. The molecule has 0 aromatic rings. The standard InChI is InChI=1S/C41H81O10P/c1-3-5-7-9-11-12-13-14-15-16-17-18-19-20-21-22-23-24-25-26-27-29-31-33-41(45)51-39(35-43)37-49-52(46,47)48-36-38(34-42)50-40(44)32-30-28-10-8-6-4-2/h38-39,42-43H,3-37H2,1-2H3,(H,46,47). The minimum atomic E-state index is -4.62. The van der Waals surface area contributed by atoms with Crippen LogP contribution in [0.4, 0.5) is 0 Å². The first-order valence-corrected chi connectivity index (χ1v) is 23.0. The number of aliphatic hydroxyl groups excluding tert-OH is 2. The molecule has 0 spiro atoms. The smallest absolute Gasteiger partial charge is 0.457 e. The Balaban J connectivity index is 3.74. The summed E-state index contributed by atoms with van der Waals surface area (Å²) < 4.78 is 32.4. The third kappa shape index (κ3) is 36.0. The van der Waals surface area contributed by atoms with E-state index in [9.17, 15) is 29.3 Å². The molecule has 0 aromatic carbocycles. The average Bonchev–Trinajstić information content (AvgIpc) is 3.13. The van der Waals surface area contributed by atoms with Gasteiger partial charge in [0.15, 0.2) is 0 Å². The zero-order valence-electron chi connectivity index (χ0n) is 33.6. The minimum absolute atomic E-state index is 0.194. The molecule has 3 atom stereocenters. The molecule has 0 aliphatic carbocycles. The Labute approximate surface area is 318 Å². The number of esters is 2. The Morgan fingerprint density at radius 3 is 0.904 bits per heavy atom. The monoisotopic (exact) mass is 765 g/mol. The predicted octanol–water partition coefficient (Wildman–Crippen LogP) is 11.1. The molecule has 0 heterocycles. The van der Waals surface area contributed by atoms with Crippen LogP contribution in [0.1, 0.15) is 213 Å². The summed E-state index contributed by atoms with van der Waals surface area (Å²) in [6.45, 7) is 2.15. The molecule has 10 nitrogen and oxygen atoms in total. The second kappa shape index (κ2) is 38.3. The summed E-state index contributed by atoms with van der Waals surface area (Å²) in [6.07, 6.45) is 34.2. The molecule has 310 valence electrons. The van der Waals surface area contributed by atoms with Crippen LogP contribution in [0, 0.1) is 0 Å². The van der Waals surface area contributed by atoms with Crippen LogP contribution < -0.4 is 0 Å². The van der Waals surface area contributed by atoms with Crippen LogP contribution in [0.2, 0.25) is 0 Å².